The molecule has 0 amide bonds. The highest BCUT2D eigenvalue weighted by Gasteiger charge is 2.43. The van der Waals surface area contributed by atoms with Crippen molar-refractivity contribution in [3.63, 3.8) is 0 Å². The largest absolute Gasteiger partial charge is 0.466 e. The highest BCUT2D eigenvalue weighted by atomic mass is 16.5. The van der Waals surface area contributed by atoms with Crippen LogP contribution in [0.15, 0.2) is 0 Å². The summed E-state index contributed by atoms with van der Waals surface area (Å²) in [6, 6.07) is 0. The molecule has 1 aliphatic carbocycles. The number of carbonyl (C=O) groups is 1. The molecule has 0 bridgehead atoms. The molecule has 63 valence electrons. The summed E-state index contributed by atoms with van der Waals surface area (Å²) in [4.78, 5) is 11.3. The molecule has 2 heteroatoms. The molecule has 0 aromatic carbocycles. The molecule has 0 aromatic heterocycles. The van der Waals surface area contributed by atoms with E-state index in [0.717, 1.165) is 19.3 Å². The first-order valence-electron chi connectivity index (χ1n) is 4.23. The Kier molecular flexibility index (Phi) is 2.53. The van der Waals surface area contributed by atoms with Gasteiger partial charge in [-0.2, -0.15) is 0 Å². The van der Waals surface area contributed by atoms with Crippen LogP contribution in [0, 0.1) is 11.8 Å². The second-order valence-corrected chi connectivity index (χ2v) is 3.02. The van der Waals surface area contributed by atoms with Crippen LogP contribution in [-0.4, -0.2) is 12.6 Å². The van der Waals surface area contributed by atoms with Crippen LogP contribution in [-0.2, 0) is 9.53 Å². The molecule has 0 unspecified atom stereocenters. The number of rotatable bonds is 3. The zero-order chi connectivity index (χ0) is 8.32. The van der Waals surface area contributed by atoms with Crippen molar-refractivity contribution in [3.05, 3.63) is 6.42 Å². The average molecular weight is 155 g/mol. The van der Waals surface area contributed by atoms with E-state index in [1.165, 1.54) is 0 Å². The van der Waals surface area contributed by atoms with Gasteiger partial charge in [-0.05, 0) is 26.2 Å². The van der Waals surface area contributed by atoms with Gasteiger partial charge in [-0.1, -0.05) is 13.3 Å². The van der Waals surface area contributed by atoms with Gasteiger partial charge < -0.3 is 4.74 Å². The van der Waals surface area contributed by atoms with Gasteiger partial charge in [-0.3, -0.25) is 4.79 Å². The van der Waals surface area contributed by atoms with Gasteiger partial charge in [0.15, 0.2) is 0 Å². The molecule has 0 spiro atoms. The van der Waals surface area contributed by atoms with Crippen LogP contribution in [0.5, 0.6) is 0 Å². The van der Waals surface area contributed by atoms with E-state index in [-0.39, 0.29) is 11.4 Å². The topological polar surface area (TPSA) is 26.3 Å². The van der Waals surface area contributed by atoms with Crippen molar-refractivity contribution in [1.82, 2.24) is 0 Å². The van der Waals surface area contributed by atoms with E-state index < -0.39 is 0 Å². The van der Waals surface area contributed by atoms with Crippen LogP contribution < -0.4 is 0 Å². The zero-order valence-electron chi connectivity index (χ0n) is 7.22. The Morgan fingerprint density at radius 3 is 2.55 bits per heavy atom. The Hall–Kier alpha value is -0.530. The third kappa shape index (κ3) is 1.39. The van der Waals surface area contributed by atoms with E-state index in [4.69, 9.17) is 4.74 Å². The lowest BCUT2D eigenvalue weighted by molar-refractivity contribution is -0.158. The van der Waals surface area contributed by atoms with Gasteiger partial charge >= 0.3 is 5.97 Å². The first-order valence-corrected chi connectivity index (χ1v) is 4.23. The molecule has 1 saturated carbocycles. The van der Waals surface area contributed by atoms with Crippen LogP contribution in [0.2, 0.25) is 0 Å². The first kappa shape index (κ1) is 8.57. The quantitative estimate of drug-likeness (QED) is 0.582. The van der Waals surface area contributed by atoms with Gasteiger partial charge in [0.05, 0.1) is 12.0 Å². The van der Waals surface area contributed by atoms with Gasteiger partial charge in [-0.15, -0.1) is 0 Å². The third-order valence-electron chi connectivity index (χ3n) is 2.48. The fourth-order valence-electron chi connectivity index (χ4n) is 1.44. The van der Waals surface area contributed by atoms with Crippen LogP contribution in [0.1, 0.15) is 33.1 Å². The normalized spacial score (nSPS) is 20.5. The number of ether oxygens (including phenoxy) is 1. The van der Waals surface area contributed by atoms with Crippen molar-refractivity contribution in [3.8, 4) is 0 Å². The summed E-state index contributed by atoms with van der Waals surface area (Å²) in [6.07, 6.45) is 5.09. The second-order valence-electron chi connectivity index (χ2n) is 3.02. The molecule has 0 heterocycles. The lowest BCUT2D eigenvalue weighted by atomic mass is 9.67. The molecular formula is C9H15O2. The summed E-state index contributed by atoms with van der Waals surface area (Å²) >= 11 is 0. The van der Waals surface area contributed by atoms with Crippen molar-refractivity contribution in [2.45, 2.75) is 33.1 Å². The van der Waals surface area contributed by atoms with Crippen molar-refractivity contribution < 1.29 is 9.53 Å². The van der Waals surface area contributed by atoms with Crippen LogP contribution >= 0.6 is 0 Å². The summed E-state index contributed by atoms with van der Waals surface area (Å²) in [5.74, 6) is -0.0336. The fourth-order valence-corrected chi connectivity index (χ4v) is 1.44. The summed E-state index contributed by atoms with van der Waals surface area (Å²) in [5, 5.41) is 0. The first-order chi connectivity index (χ1) is 5.25. The lowest BCUT2D eigenvalue weighted by Gasteiger charge is -2.37. The van der Waals surface area contributed by atoms with Crippen LogP contribution in [0.3, 0.4) is 0 Å². The molecule has 11 heavy (non-hydrogen) atoms. The molecule has 2 nitrogen and oxygen atoms in total. The third-order valence-corrected chi connectivity index (χ3v) is 2.48. The number of hydrogen-bond donors (Lipinski definition) is 0. The predicted octanol–water partition coefficient (Wildman–Crippen LogP) is 1.94. The SMILES string of the molecule is C[CH]C1(C(=O)OCC)CCC1. The van der Waals surface area contributed by atoms with E-state index in [0.29, 0.717) is 6.61 Å². The Morgan fingerprint density at radius 2 is 2.27 bits per heavy atom. The van der Waals surface area contributed by atoms with E-state index in [2.05, 4.69) is 0 Å². The van der Waals surface area contributed by atoms with E-state index in [9.17, 15) is 4.79 Å². The highest BCUT2D eigenvalue weighted by Crippen LogP contribution is 2.44. The molecule has 1 fully saturated rings. The molecule has 0 aliphatic heterocycles. The minimum Gasteiger partial charge on any atom is -0.466 e. The molecule has 1 aliphatic rings. The van der Waals surface area contributed by atoms with Gasteiger partial charge in [0.2, 0.25) is 0 Å². The monoisotopic (exact) mass is 155 g/mol. The van der Waals surface area contributed by atoms with Crippen LogP contribution in [0.4, 0.5) is 0 Å². The predicted molar refractivity (Wildman–Crippen MR) is 42.9 cm³/mol. The minimum atomic E-state index is -0.212. The second kappa shape index (κ2) is 3.24. The maximum Gasteiger partial charge on any atom is 0.312 e. The van der Waals surface area contributed by atoms with E-state index >= 15 is 0 Å². The molecule has 0 saturated heterocycles. The minimum absolute atomic E-state index is 0.0336. The van der Waals surface area contributed by atoms with Crippen molar-refractivity contribution in [2.24, 2.45) is 5.41 Å². The summed E-state index contributed by atoms with van der Waals surface area (Å²) in [7, 11) is 0. The van der Waals surface area contributed by atoms with Crippen molar-refractivity contribution in [1.29, 1.82) is 0 Å². The maximum absolute atomic E-state index is 11.3. The van der Waals surface area contributed by atoms with Gasteiger partial charge in [0.1, 0.15) is 0 Å². The Labute approximate surface area is 67.9 Å². The number of carbonyl (C=O) groups excluding carboxylic acids is 1. The lowest BCUT2D eigenvalue weighted by Crippen LogP contribution is -2.39. The molecule has 0 aromatic rings. The zero-order valence-corrected chi connectivity index (χ0v) is 7.22. The Morgan fingerprint density at radius 1 is 1.64 bits per heavy atom. The van der Waals surface area contributed by atoms with Gasteiger partial charge in [0.25, 0.3) is 0 Å². The Balaban J connectivity index is 2.47. The van der Waals surface area contributed by atoms with Gasteiger partial charge in [0, 0.05) is 0 Å². The average Bonchev–Trinajstić information content (AvgIpc) is 1.87. The molecular weight excluding hydrogens is 140 g/mol. The summed E-state index contributed by atoms with van der Waals surface area (Å²) in [6.45, 7) is 4.28. The van der Waals surface area contributed by atoms with E-state index in [1.54, 1.807) is 0 Å². The Bertz CT molecular complexity index is 142. The van der Waals surface area contributed by atoms with Crippen LogP contribution in [0.25, 0.3) is 0 Å². The number of esters is 1. The van der Waals surface area contributed by atoms with E-state index in [1.807, 2.05) is 20.3 Å². The van der Waals surface area contributed by atoms with Crippen molar-refractivity contribution in [2.75, 3.05) is 6.61 Å². The molecule has 1 radical (unpaired) electrons. The smallest absolute Gasteiger partial charge is 0.312 e. The molecule has 0 atom stereocenters. The summed E-state index contributed by atoms with van der Waals surface area (Å²) < 4.78 is 4.97. The highest BCUT2D eigenvalue weighted by molar-refractivity contribution is 5.79. The van der Waals surface area contributed by atoms with Crippen molar-refractivity contribution >= 4 is 5.97 Å². The molecule has 0 N–H and O–H groups in total. The fraction of sp³-hybridized carbons (Fsp3) is 0.778. The number of hydrogen-bond acceptors (Lipinski definition) is 2. The molecule has 1 rings (SSSR count). The maximum atomic E-state index is 11.3. The summed E-state index contributed by atoms with van der Waals surface area (Å²) in [5.41, 5.74) is -0.212. The van der Waals surface area contributed by atoms with Gasteiger partial charge in [-0.25, -0.2) is 0 Å². The standard InChI is InChI=1S/C9H15O2/c1-3-9(6-5-7-9)8(10)11-4-2/h3H,4-7H2,1-2H3.